The molecule has 5 aromatic rings. The van der Waals surface area contributed by atoms with Crippen LogP contribution in [0.3, 0.4) is 0 Å². The molecule has 632 valence electrons. The molecular weight excluding hydrogens is 1540 g/mol. The van der Waals surface area contributed by atoms with E-state index in [-0.39, 0.29) is 50.4 Å². The highest BCUT2D eigenvalue weighted by Gasteiger charge is 2.39. The van der Waals surface area contributed by atoms with Gasteiger partial charge in [0.25, 0.3) is 0 Å². The van der Waals surface area contributed by atoms with Crippen LogP contribution in [0.15, 0.2) is 85.2 Å². The van der Waals surface area contributed by atoms with E-state index in [1.807, 2.05) is 51.1 Å². The van der Waals surface area contributed by atoms with E-state index in [1.165, 1.54) is 6.92 Å². The lowest BCUT2D eigenvalue weighted by Gasteiger charge is -2.29. The summed E-state index contributed by atoms with van der Waals surface area (Å²) < 4.78 is 0. The van der Waals surface area contributed by atoms with Crippen LogP contribution in [0, 0.1) is 17.8 Å². The van der Waals surface area contributed by atoms with Crippen molar-refractivity contribution in [2.24, 2.45) is 17.8 Å². The van der Waals surface area contributed by atoms with Gasteiger partial charge < -0.3 is 99.5 Å². The standard InChI is InChI=1S/C79H109N15O20S2/c1-39(2)28-55-68(103)82-36-62(97)85-53(26-27-63(98)99)69(104)88-56(29-40(3)4)74(109)93-65(41(5)6)77(112)90-58(32-47-35-81-52-23-16-14-21-50(47)52)72(107)92-61(76(111)94-66(43(8)95)78(113)114)38-116-115-37-60(91-73(108)59(33-64(100)101)84-44(9)96)75(110)83-42(7)67(102)86-54(25-24-46-34-80-51-22-15-13-20-49(46)51)70(105)89-57(71(106)87-55)31-45-18-17-19-48(30-45)79(10,11)12/h13-23,30,34-35,39-43,53-61,65-66,80-81,95H,24-29,31-33,36-38H2,1-12H3,(H,82,103)(H,83,110)(H,84,96)(H,85,97)(H,86,102)(H,87,106)(H,88,104)(H,89,105)(H,90,112)(H,91,108)(H,92,107)(H,93,109)(H,94,111)(H,98,99)(H,100,101)(H,113,114)/t42-,43+,53-,54-,55-,56-,57-,58-,59-,60-,61-,65-,66-/m0/s1. The molecular formula is C79H109N15O20S2. The monoisotopic (exact) mass is 1650 g/mol. The molecule has 1 aliphatic rings. The Morgan fingerprint density at radius 2 is 1.07 bits per heavy atom. The van der Waals surface area contributed by atoms with E-state index in [0.717, 1.165) is 51.9 Å². The number of H-pyrrole nitrogens is 2. The molecule has 6 rings (SSSR count). The summed E-state index contributed by atoms with van der Waals surface area (Å²) in [5.41, 5.74) is 3.52. The number of nitrogens with one attached hydrogen (secondary N) is 15. The number of carboxylic acid groups (broad SMARTS) is 3. The highest BCUT2D eigenvalue weighted by Crippen LogP contribution is 2.27. The number of aromatic nitrogens is 2. The number of aromatic amines is 2. The van der Waals surface area contributed by atoms with Gasteiger partial charge >= 0.3 is 17.9 Å². The number of hydrogen-bond acceptors (Lipinski definition) is 19. The average molecular weight is 1650 g/mol. The van der Waals surface area contributed by atoms with Crippen molar-refractivity contribution in [1.29, 1.82) is 0 Å². The Balaban J connectivity index is 1.48. The second-order valence-corrected chi connectivity index (χ2v) is 33.6. The van der Waals surface area contributed by atoms with Crippen LogP contribution in [-0.4, -0.2) is 222 Å². The molecule has 0 unspecified atom stereocenters. The molecule has 37 heteroatoms. The number of carbonyl (C=O) groups excluding carboxylic acids is 13. The number of fused-ring (bicyclic) bond motifs is 2. The third-order valence-corrected chi connectivity index (χ3v) is 21.4. The van der Waals surface area contributed by atoms with Gasteiger partial charge in [-0.1, -0.05) is 145 Å². The minimum atomic E-state index is -1.97. The molecule has 35 nitrogen and oxygen atoms in total. The Morgan fingerprint density at radius 1 is 0.543 bits per heavy atom. The minimum Gasteiger partial charge on any atom is -0.481 e. The van der Waals surface area contributed by atoms with Crippen molar-refractivity contribution in [3.8, 4) is 0 Å². The summed E-state index contributed by atoms with van der Waals surface area (Å²) in [6.45, 7) is 18.4. The number of hydrogen-bond donors (Lipinski definition) is 19. The second kappa shape index (κ2) is 44.1. The third-order valence-electron chi connectivity index (χ3n) is 18.9. The largest absolute Gasteiger partial charge is 0.481 e. The summed E-state index contributed by atoms with van der Waals surface area (Å²) in [6, 6.07) is 1.67. The van der Waals surface area contributed by atoms with E-state index in [2.05, 4.69) is 79.1 Å². The minimum absolute atomic E-state index is 0.0446. The molecule has 13 amide bonds. The van der Waals surface area contributed by atoms with Crippen molar-refractivity contribution in [3.63, 3.8) is 0 Å². The lowest BCUT2D eigenvalue weighted by atomic mass is 9.85. The van der Waals surface area contributed by atoms with E-state index in [4.69, 9.17) is 0 Å². The first-order chi connectivity index (χ1) is 54.6. The normalized spacial score (nSPS) is 22.4. The summed E-state index contributed by atoms with van der Waals surface area (Å²) in [7, 11) is 1.50. The maximum atomic E-state index is 15.3. The number of aliphatic carboxylic acids is 3. The molecule has 0 aliphatic carbocycles. The van der Waals surface area contributed by atoms with Gasteiger partial charge in [0, 0.05) is 71.9 Å². The number of aliphatic hydroxyl groups excluding tert-OH is 1. The fourth-order valence-electron chi connectivity index (χ4n) is 12.7. The van der Waals surface area contributed by atoms with Crippen LogP contribution >= 0.6 is 21.6 Å². The quantitative estimate of drug-likeness (QED) is 0.0387. The lowest BCUT2D eigenvalue weighted by molar-refractivity contribution is -0.145. The van der Waals surface area contributed by atoms with Crippen LogP contribution < -0.4 is 69.1 Å². The molecule has 0 spiro atoms. The Labute approximate surface area is 679 Å². The van der Waals surface area contributed by atoms with Gasteiger partial charge in [-0.2, -0.15) is 0 Å². The first-order valence-electron chi connectivity index (χ1n) is 38.2. The smallest absolute Gasteiger partial charge is 0.328 e. The third kappa shape index (κ3) is 29.3. The number of aliphatic hydroxyl groups is 1. The number of carbonyl (C=O) groups is 16. The number of benzene rings is 3. The Morgan fingerprint density at radius 3 is 1.64 bits per heavy atom. The van der Waals surface area contributed by atoms with Gasteiger partial charge in [0.1, 0.15) is 66.5 Å². The number of para-hydroxylation sites is 2. The van der Waals surface area contributed by atoms with E-state index < -0.39 is 222 Å². The van der Waals surface area contributed by atoms with E-state index in [0.29, 0.717) is 27.6 Å². The second-order valence-electron chi connectivity index (χ2n) is 31.0. The molecule has 3 aromatic carbocycles. The van der Waals surface area contributed by atoms with Crippen molar-refractivity contribution in [2.45, 2.75) is 225 Å². The zero-order valence-electron chi connectivity index (χ0n) is 66.9. The number of rotatable bonds is 24. The molecule has 0 bridgehead atoms. The number of aryl methyl sites for hydroxylation is 1. The van der Waals surface area contributed by atoms with Gasteiger partial charge in [-0.15, -0.1) is 0 Å². The summed E-state index contributed by atoms with van der Waals surface area (Å²) in [6.07, 6.45) is -1.35. The molecule has 3 heterocycles. The van der Waals surface area contributed by atoms with Crippen LogP contribution in [0.1, 0.15) is 144 Å². The van der Waals surface area contributed by atoms with Crippen molar-refractivity contribution >= 4 is 138 Å². The topological polar surface area (TPSA) is 542 Å². The van der Waals surface area contributed by atoms with Gasteiger partial charge in [-0.25, -0.2) is 4.79 Å². The van der Waals surface area contributed by atoms with E-state index in [9.17, 15) is 82.8 Å². The summed E-state index contributed by atoms with van der Waals surface area (Å²) in [4.78, 5) is 231. The number of amides is 13. The van der Waals surface area contributed by atoms with Crippen molar-refractivity contribution in [3.05, 3.63) is 107 Å². The average Bonchev–Trinajstić information content (AvgIpc) is 1.63. The lowest BCUT2D eigenvalue weighted by Crippen LogP contribution is -2.61. The molecule has 1 aliphatic heterocycles. The highest BCUT2D eigenvalue weighted by molar-refractivity contribution is 8.76. The molecule has 1 saturated heterocycles. The first-order valence-corrected chi connectivity index (χ1v) is 40.7. The SMILES string of the molecule is CC(=O)N[C@@H](CC(=O)O)C(=O)N[C@H]1CSSC[C@@H](C(=O)N[C@H](C(=O)O)[C@@H](C)O)NC(=O)[C@H](Cc2c[nH]c3ccccc23)NC(=O)[C@H](C(C)C)NC(=O)[C@H](CC(C)C)NC(=O)[C@H](CCC(=O)O)NC(=O)CNC(=O)[C@H](CC(C)C)NC(=O)[C@H](Cc2cccc(C(C)(C)C)c2)NC(=O)[C@H](CCc2c[nH]c3ccccc23)NC(=O)[C@H](C)NC1=O. The van der Waals surface area contributed by atoms with Crippen molar-refractivity contribution < 1.29 is 97.1 Å². The van der Waals surface area contributed by atoms with Crippen molar-refractivity contribution in [2.75, 3.05) is 18.1 Å². The first kappa shape index (κ1) is 93.8. The summed E-state index contributed by atoms with van der Waals surface area (Å²) >= 11 is 0. The highest BCUT2D eigenvalue weighted by atomic mass is 33.1. The van der Waals surface area contributed by atoms with Gasteiger partial charge in [-0.3, -0.25) is 71.9 Å². The zero-order chi connectivity index (χ0) is 86.0. The summed E-state index contributed by atoms with van der Waals surface area (Å²) in [5.74, 6) is -20.2. The molecule has 19 N–H and O–H groups in total. The Hall–Kier alpha value is -11.1. The zero-order valence-corrected chi connectivity index (χ0v) is 68.6. The predicted octanol–water partition coefficient (Wildman–Crippen LogP) is 1.29. The fraction of sp³-hybridized carbons (Fsp3) is 0.519. The van der Waals surface area contributed by atoms with E-state index in [1.54, 1.807) is 96.4 Å². The molecule has 13 atom stereocenters. The van der Waals surface area contributed by atoms with Gasteiger partial charge in [0.2, 0.25) is 76.8 Å². The van der Waals surface area contributed by atoms with Crippen LogP contribution in [0.25, 0.3) is 21.8 Å². The molecule has 1 fully saturated rings. The number of carboxylic acids is 3. The van der Waals surface area contributed by atoms with Crippen LogP contribution in [0.5, 0.6) is 0 Å². The van der Waals surface area contributed by atoms with Gasteiger partial charge in [0.05, 0.1) is 19.1 Å². The predicted molar refractivity (Wildman–Crippen MR) is 432 cm³/mol. The van der Waals surface area contributed by atoms with Crippen LogP contribution in [-0.2, 0) is 101 Å². The van der Waals surface area contributed by atoms with Crippen molar-refractivity contribution in [1.82, 2.24) is 79.1 Å². The maximum absolute atomic E-state index is 15.3. The van der Waals surface area contributed by atoms with Gasteiger partial charge in [-0.05, 0) is 104 Å². The molecule has 0 saturated carbocycles. The Kier molecular flexibility index (Phi) is 35.7. The molecule has 2 aromatic heterocycles. The Bertz CT molecular complexity index is 4350. The van der Waals surface area contributed by atoms with Crippen LogP contribution in [0.4, 0.5) is 0 Å². The van der Waals surface area contributed by atoms with Crippen LogP contribution in [0.2, 0.25) is 0 Å². The summed E-state index contributed by atoms with van der Waals surface area (Å²) in [5, 5.41) is 74.8. The molecule has 0 radical (unpaired) electrons. The van der Waals surface area contributed by atoms with E-state index >= 15 is 14.4 Å². The molecule has 116 heavy (non-hydrogen) atoms. The van der Waals surface area contributed by atoms with Gasteiger partial charge in [0.15, 0.2) is 6.04 Å². The maximum Gasteiger partial charge on any atom is 0.328 e. The fourth-order valence-corrected chi connectivity index (χ4v) is 15.0.